The van der Waals surface area contributed by atoms with Crippen molar-refractivity contribution in [3.8, 4) is 0 Å². The molecule has 1 N–H and O–H groups in total. The van der Waals surface area contributed by atoms with Crippen LogP contribution in [0.4, 0.5) is 5.95 Å². The van der Waals surface area contributed by atoms with Gasteiger partial charge in [0, 0.05) is 12.3 Å². The Labute approximate surface area is 67.5 Å². The number of anilines is 1. The van der Waals surface area contributed by atoms with Gasteiger partial charge in [0.25, 0.3) is 5.56 Å². The van der Waals surface area contributed by atoms with Crippen molar-refractivity contribution in [3.05, 3.63) is 22.6 Å². The highest BCUT2D eigenvalue weighted by Gasteiger charge is 2.10. The normalized spacial score (nSPS) is 14.8. The minimum absolute atomic E-state index is 0.206. The lowest BCUT2D eigenvalue weighted by Crippen LogP contribution is -2.19. The summed E-state index contributed by atoms with van der Waals surface area (Å²) >= 11 is 0. The van der Waals surface area contributed by atoms with Gasteiger partial charge in [-0.05, 0) is 0 Å². The second-order valence-corrected chi connectivity index (χ2v) is 2.17. The van der Waals surface area contributed by atoms with Crippen LogP contribution in [0.3, 0.4) is 0 Å². The van der Waals surface area contributed by atoms with Gasteiger partial charge in [-0.25, -0.2) is 4.98 Å². The van der Waals surface area contributed by atoms with E-state index in [1.165, 1.54) is 23.7 Å². The Kier molecular flexibility index (Phi) is 1.51. The van der Waals surface area contributed by atoms with E-state index >= 15 is 0 Å². The smallest absolute Gasteiger partial charge is 0.252 e. The number of nitrogens with one attached hydrogen (secondary N) is 1. The second kappa shape index (κ2) is 2.65. The molecule has 6 heteroatoms. The van der Waals surface area contributed by atoms with Crippen LogP contribution >= 0.6 is 0 Å². The number of ether oxygens (including phenoxy) is 1. The number of nitrogens with zero attached hydrogens (tertiary/aromatic N) is 3. The lowest BCUT2D eigenvalue weighted by atomic mass is 10.6. The second-order valence-electron chi connectivity index (χ2n) is 2.17. The average molecular weight is 166 g/mol. The molecule has 1 aromatic heterocycles. The first-order valence-corrected chi connectivity index (χ1v) is 3.33. The van der Waals surface area contributed by atoms with Gasteiger partial charge in [-0.2, -0.15) is 5.01 Å². The SMILES string of the molecule is O=c1ccnc(N2COC=N2)[nH]1. The van der Waals surface area contributed by atoms with E-state index in [0.717, 1.165) is 0 Å². The third-order valence-electron chi connectivity index (χ3n) is 1.36. The minimum Gasteiger partial charge on any atom is -0.459 e. The first-order chi connectivity index (χ1) is 5.86. The summed E-state index contributed by atoms with van der Waals surface area (Å²) in [6, 6.07) is 1.34. The molecule has 1 aromatic rings. The highest BCUT2D eigenvalue weighted by Crippen LogP contribution is 2.06. The van der Waals surface area contributed by atoms with Crippen LogP contribution in [-0.2, 0) is 4.74 Å². The van der Waals surface area contributed by atoms with Gasteiger partial charge in [0.1, 0.15) is 0 Å². The number of H-pyrrole nitrogens is 1. The van der Waals surface area contributed by atoms with Crippen LogP contribution in [0.1, 0.15) is 0 Å². The molecule has 12 heavy (non-hydrogen) atoms. The predicted molar refractivity (Wildman–Crippen MR) is 41.8 cm³/mol. The van der Waals surface area contributed by atoms with Gasteiger partial charge in [-0.1, -0.05) is 0 Å². The van der Waals surface area contributed by atoms with E-state index in [2.05, 4.69) is 15.1 Å². The standard InChI is InChI=1S/C6H6N4O2/c11-5-1-2-7-6(9-5)10-4-12-3-8-10/h1-3H,4H2,(H,7,9,11). The molecule has 1 aliphatic heterocycles. The number of hydrogen-bond donors (Lipinski definition) is 1. The Morgan fingerprint density at radius 1 is 1.67 bits per heavy atom. The molecular formula is C6H6N4O2. The first-order valence-electron chi connectivity index (χ1n) is 3.33. The molecule has 0 aromatic carbocycles. The van der Waals surface area contributed by atoms with E-state index in [-0.39, 0.29) is 12.3 Å². The van der Waals surface area contributed by atoms with Crippen molar-refractivity contribution in [1.29, 1.82) is 0 Å². The Bertz CT molecular complexity index is 359. The molecular weight excluding hydrogens is 160 g/mol. The van der Waals surface area contributed by atoms with E-state index in [0.29, 0.717) is 5.95 Å². The number of aromatic amines is 1. The third-order valence-corrected chi connectivity index (χ3v) is 1.36. The molecule has 62 valence electrons. The zero-order valence-corrected chi connectivity index (χ0v) is 6.10. The maximum atomic E-state index is 10.8. The quantitative estimate of drug-likeness (QED) is 0.611. The summed E-state index contributed by atoms with van der Waals surface area (Å²) in [5, 5.41) is 5.25. The third kappa shape index (κ3) is 1.14. The van der Waals surface area contributed by atoms with Crippen molar-refractivity contribution in [3.63, 3.8) is 0 Å². The van der Waals surface area contributed by atoms with E-state index in [9.17, 15) is 4.79 Å². The maximum Gasteiger partial charge on any atom is 0.252 e. The van der Waals surface area contributed by atoms with Crippen LogP contribution in [0, 0.1) is 0 Å². The lowest BCUT2D eigenvalue weighted by molar-refractivity contribution is 0.348. The van der Waals surface area contributed by atoms with Gasteiger partial charge < -0.3 is 4.74 Å². The van der Waals surface area contributed by atoms with E-state index in [1.807, 2.05) is 0 Å². The summed E-state index contributed by atoms with van der Waals surface area (Å²) in [6.45, 7) is 0.285. The topological polar surface area (TPSA) is 70.6 Å². The van der Waals surface area contributed by atoms with Crippen LogP contribution in [0.5, 0.6) is 0 Å². The molecule has 0 saturated carbocycles. The summed E-state index contributed by atoms with van der Waals surface area (Å²) in [5.41, 5.74) is -0.206. The molecule has 1 aliphatic rings. The first kappa shape index (κ1) is 6.84. The van der Waals surface area contributed by atoms with Gasteiger partial charge in [0.2, 0.25) is 5.95 Å². The molecule has 0 atom stereocenters. The van der Waals surface area contributed by atoms with Gasteiger partial charge in [0.05, 0.1) is 0 Å². The van der Waals surface area contributed by atoms with Crippen molar-refractivity contribution in [1.82, 2.24) is 9.97 Å². The summed E-state index contributed by atoms with van der Waals surface area (Å²) in [4.78, 5) is 17.2. The summed E-state index contributed by atoms with van der Waals surface area (Å²) in [7, 11) is 0. The molecule has 0 aliphatic carbocycles. The summed E-state index contributed by atoms with van der Waals surface area (Å²) in [6.07, 6.45) is 2.72. The Morgan fingerprint density at radius 3 is 3.25 bits per heavy atom. The zero-order valence-electron chi connectivity index (χ0n) is 6.10. The van der Waals surface area contributed by atoms with Crippen molar-refractivity contribution in [2.75, 3.05) is 11.7 Å². The zero-order chi connectivity index (χ0) is 8.39. The molecule has 0 unspecified atom stereocenters. The Morgan fingerprint density at radius 2 is 2.58 bits per heavy atom. The molecule has 0 fully saturated rings. The van der Waals surface area contributed by atoms with Crippen LogP contribution in [0.2, 0.25) is 0 Å². The van der Waals surface area contributed by atoms with Crippen molar-refractivity contribution in [2.24, 2.45) is 5.10 Å². The Hall–Kier alpha value is -1.85. The largest absolute Gasteiger partial charge is 0.459 e. The van der Waals surface area contributed by atoms with Crippen LogP contribution in [0.25, 0.3) is 0 Å². The summed E-state index contributed by atoms with van der Waals surface area (Å²) in [5.74, 6) is 0.385. The maximum absolute atomic E-state index is 10.8. The minimum atomic E-state index is -0.206. The van der Waals surface area contributed by atoms with E-state index < -0.39 is 0 Å². The number of hydrogen-bond acceptors (Lipinski definition) is 5. The van der Waals surface area contributed by atoms with Crippen LogP contribution < -0.4 is 10.6 Å². The highest BCUT2D eigenvalue weighted by molar-refractivity contribution is 5.52. The fourth-order valence-electron chi connectivity index (χ4n) is 0.834. The van der Waals surface area contributed by atoms with Crippen LogP contribution in [-0.4, -0.2) is 23.1 Å². The number of hydrazone groups is 1. The predicted octanol–water partition coefficient (Wildman–Crippen LogP) is -0.493. The number of rotatable bonds is 1. The lowest BCUT2D eigenvalue weighted by Gasteiger charge is -2.07. The van der Waals surface area contributed by atoms with Crippen molar-refractivity contribution < 1.29 is 4.74 Å². The Balaban J connectivity index is 2.33. The van der Waals surface area contributed by atoms with E-state index in [4.69, 9.17) is 4.74 Å². The summed E-state index contributed by atoms with van der Waals surface area (Å²) < 4.78 is 4.82. The monoisotopic (exact) mass is 166 g/mol. The molecule has 2 heterocycles. The van der Waals surface area contributed by atoms with E-state index in [1.54, 1.807) is 0 Å². The van der Waals surface area contributed by atoms with Gasteiger partial charge in [-0.3, -0.25) is 9.78 Å². The molecule has 2 rings (SSSR count). The van der Waals surface area contributed by atoms with Gasteiger partial charge in [-0.15, -0.1) is 5.10 Å². The highest BCUT2D eigenvalue weighted by atomic mass is 16.5. The van der Waals surface area contributed by atoms with Crippen molar-refractivity contribution in [2.45, 2.75) is 0 Å². The van der Waals surface area contributed by atoms with Gasteiger partial charge in [0.15, 0.2) is 13.1 Å². The average Bonchev–Trinajstić information content (AvgIpc) is 2.56. The van der Waals surface area contributed by atoms with Gasteiger partial charge >= 0.3 is 0 Å². The van der Waals surface area contributed by atoms with Crippen LogP contribution in [0.15, 0.2) is 22.2 Å². The molecule has 0 spiro atoms. The molecule has 0 saturated heterocycles. The molecule has 6 nitrogen and oxygen atoms in total. The fourth-order valence-corrected chi connectivity index (χ4v) is 0.834. The molecule has 0 radical (unpaired) electrons. The fraction of sp³-hybridized carbons (Fsp3) is 0.167. The molecule has 0 bridgehead atoms. The molecule has 0 amide bonds. The number of aromatic nitrogens is 2. The van der Waals surface area contributed by atoms with Crippen molar-refractivity contribution >= 4 is 12.3 Å².